The van der Waals surface area contributed by atoms with Crippen LogP contribution in [0.4, 0.5) is 0 Å². The average molecular weight is 276 g/mol. The number of aliphatic hydroxyl groups is 1. The van der Waals surface area contributed by atoms with E-state index in [2.05, 4.69) is 5.10 Å². The third kappa shape index (κ3) is 2.63. The molecule has 1 aromatic heterocycles. The highest BCUT2D eigenvalue weighted by atomic mass is 16.5. The van der Waals surface area contributed by atoms with Crippen LogP contribution in [0, 0.1) is 0 Å². The first-order valence-electron chi connectivity index (χ1n) is 6.53. The zero-order valence-corrected chi connectivity index (χ0v) is 12.3. The number of nitrogens with zero attached hydrogens (tertiary/aromatic N) is 2. The molecule has 2 aromatic rings. The number of hydrogen-bond acceptors (Lipinski definition) is 4. The second-order valence-corrected chi connectivity index (χ2v) is 4.57. The summed E-state index contributed by atoms with van der Waals surface area (Å²) < 4.78 is 12.3. The molecule has 0 aliphatic carbocycles. The van der Waals surface area contributed by atoms with E-state index in [0.29, 0.717) is 17.1 Å². The Morgan fingerprint density at radius 3 is 2.60 bits per heavy atom. The van der Waals surface area contributed by atoms with Crippen molar-refractivity contribution in [3.05, 3.63) is 41.2 Å². The Bertz CT molecular complexity index is 593. The first-order chi connectivity index (χ1) is 9.60. The summed E-state index contributed by atoms with van der Waals surface area (Å²) in [6.45, 7) is 2.02. The van der Waals surface area contributed by atoms with Crippen LogP contribution in [0.3, 0.4) is 0 Å². The van der Waals surface area contributed by atoms with Crippen molar-refractivity contribution in [1.82, 2.24) is 9.78 Å². The Hall–Kier alpha value is -2.01. The van der Waals surface area contributed by atoms with Gasteiger partial charge in [-0.15, -0.1) is 0 Å². The van der Waals surface area contributed by atoms with Gasteiger partial charge in [-0.1, -0.05) is 6.92 Å². The van der Waals surface area contributed by atoms with Gasteiger partial charge in [0.05, 0.1) is 19.9 Å². The molecule has 0 spiro atoms. The fourth-order valence-corrected chi connectivity index (χ4v) is 2.28. The third-order valence-corrected chi connectivity index (χ3v) is 3.30. The molecule has 5 nitrogen and oxygen atoms in total. The standard InChI is InChI=1S/C15H20N2O3/c1-5-13-12(9-17(2)16-13)15(18)11-8-10(19-3)6-7-14(11)20-4/h6-9,15,18H,5H2,1-4H3. The number of aryl methyl sites for hydroxylation is 2. The van der Waals surface area contributed by atoms with Crippen molar-refractivity contribution in [2.45, 2.75) is 19.4 Å². The minimum Gasteiger partial charge on any atom is -0.497 e. The predicted molar refractivity (Wildman–Crippen MR) is 76.2 cm³/mol. The average Bonchev–Trinajstić information content (AvgIpc) is 2.86. The second-order valence-electron chi connectivity index (χ2n) is 4.57. The zero-order chi connectivity index (χ0) is 14.7. The van der Waals surface area contributed by atoms with Gasteiger partial charge in [0.1, 0.15) is 17.6 Å². The van der Waals surface area contributed by atoms with Gasteiger partial charge in [0.15, 0.2) is 0 Å². The lowest BCUT2D eigenvalue weighted by molar-refractivity contribution is 0.213. The Morgan fingerprint density at radius 2 is 2.00 bits per heavy atom. The van der Waals surface area contributed by atoms with Gasteiger partial charge in [-0.25, -0.2) is 0 Å². The van der Waals surface area contributed by atoms with E-state index in [1.165, 1.54) is 0 Å². The van der Waals surface area contributed by atoms with Gasteiger partial charge >= 0.3 is 0 Å². The van der Waals surface area contributed by atoms with E-state index in [1.54, 1.807) is 37.1 Å². The molecule has 0 radical (unpaired) electrons. The number of aliphatic hydroxyl groups excluding tert-OH is 1. The van der Waals surface area contributed by atoms with Gasteiger partial charge < -0.3 is 14.6 Å². The van der Waals surface area contributed by atoms with Crippen LogP contribution in [-0.4, -0.2) is 29.1 Å². The fourth-order valence-electron chi connectivity index (χ4n) is 2.28. The van der Waals surface area contributed by atoms with Gasteiger partial charge in [0, 0.05) is 24.4 Å². The number of ether oxygens (including phenoxy) is 2. The number of rotatable bonds is 5. The molecule has 1 unspecified atom stereocenters. The van der Waals surface area contributed by atoms with Crippen LogP contribution >= 0.6 is 0 Å². The van der Waals surface area contributed by atoms with E-state index >= 15 is 0 Å². The van der Waals surface area contributed by atoms with E-state index in [-0.39, 0.29) is 0 Å². The SMILES string of the molecule is CCc1nn(C)cc1C(O)c1cc(OC)ccc1OC. The second kappa shape index (κ2) is 5.96. The highest BCUT2D eigenvalue weighted by molar-refractivity contribution is 5.45. The van der Waals surface area contributed by atoms with Crippen molar-refractivity contribution in [2.75, 3.05) is 14.2 Å². The summed E-state index contributed by atoms with van der Waals surface area (Å²) in [5.74, 6) is 1.31. The van der Waals surface area contributed by atoms with E-state index in [4.69, 9.17) is 9.47 Å². The molecule has 0 amide bonds. The topological polar surface area (TPSA) is 56.5 Å². The summed E-state index contributed by atoms with van der Waals surface area (Å²) in [4.78, 5) is 0. The Kier molecular flexibility index (Phi) is 4.29. The summed E-state index contributed by atoms with van der Waals surface area (Å²) in [6.07, 6.45) is 1.81. The summed E-state index contributed by atoms with van der Waals surface area (Å²) in [5.41, 5.74) is 2.35. The molecular formula is C15H20N2O3. The molecular weight excluding hydrogens is 256 g/mol. The molecule has 5 heteroatoms. The van der Waals surface area contributed by atoms with Crippen LogP contribution in [0.1, 0.15) is 29.8 Å². The van der Waals surface area contributed by atoms with Crippen molar-refractivity contribution in [1.29, 1.82) is 0 Å². The van der Waals surface area contributed by atoms with Crippen LogP contribution in [0.2, 0.25) is 0 Å². The molecule has 0 saturated carbocycles. The minimum absolute atomic E-state index is 0.629. The maximum Gasteiger partial charge on any atom is 0.125 e. The molecule has 1 atom stereocenters. The Labute approximate surface area is 118 Å². The molecule has 0 fully saturated rings. The van der Waals surface area contributed by atoms with Gasteiger partial charge in [-0.3, -0.25) is 4.68 Å². The molecule has 108 valence electrons. The van der Waals surface area contributed by atoms with E-state index in [9.17, 15) is 5.11 Å². The van der Waals surface area contributed by atoms with E-state index in [1.807, 2.05) is 20.2 Å². The number of hydrogen-bond donors (Lipinski definition) is 1. The number of benzene rings is 1. The predicted octanol–water partition coefficient (Wildman–Crippen LogP) is 2.08. The van der Waals surface area contributed by atoms with Crippen LogP contribution in [0.25, 0.3) is 0 Å². The van der Waals surface area contributed by atoms with Gasteiger partial charge in [0.25, 0.3) is 0 Å². The molecule has 1 heterocycles. The lowest BCUT2D eigenvalue weighted by Gasteiger charge is -2.16. The van der Waals surface area contributed by atoms with Crippen molar-refractivity contribution < 1.29 is 14.6 Å². The highest BCUT2D eigenvalue weighted by Gasteiger charge is 2.21. The molecule has 0 saturated heterocycles. The number of methoxy groups -OCH3 is 2. The van der Waals surface area contributed by atoms with Crippen LogP contribution in [0.15, 0.2) is 24.4 Å². The van der Waals surface area contributed by atoms with Gasteiger partial charge in [0.2, 0.25) is 0 Å². The summed E-state index contributed by atoms with van der Waals surface area (Å²) >= 11 is 0. The highest BCUT2D eigenvalue weighted by Crippen LogP contribution is 2.34. The zero-order valence-electron chi connectivity index (χ0n) is 12.3. The largest absolute Gasteiger partial charge is 0.497 e. The van der Waals surface area contributed by atoms with Crippen LogP contribution < -0.4 is 9.47 Å². The van der Waals surface area contributed by atoms with E-state index < -0.39 is 6.10 Å². The van der Waals surface area contributed by atoms with Gasteiger partial charge in [-0.05, 0) is 24.6 Å². The molecule has 1 N–H and O–H groups in total. The van der Waals surface area contributed by atoms with Gasteiger partial charge in [-0.2, -0.15) is 5.10 Å². The lowest BCUT2D eigenvalue weighted by atomic mass is 10.00. The quantitative estimate of drug-likeness (QED) is 0.908. The molecule has 2 rings (SSSR count). The number of aromatic nitrogens is 2. The fraction of sp³-hybridized carbons (Fsp3) is 0.400. The molecule has 1 aromatic carbocycles. The monoisotopic (exact) mass is 276 g/mol. The third-order valence-electron chi connectivity index (χ3n) is 3.30. The molecule has 0 aliphatic rings. The molecule has 0 aliphatic heterocycles. The molecule has 0 bridgehead atoms. The van der Waals surface area contributed by atoms with Crippen molar-refractivity contribution in [2.24, 2.45) is 7.05 Å². The Balaban J connectivity index is 2.48. The minimum atomic E-state index is -0.788. The Morgan fingerprint density at radius 1 is 1.25 bits per heavy atom. The summed E-state index contributed by atoms with van der Waals surface area (Å²) in [6, 6.07) is 5.38. The maximum absolute atomic E-state index is 10.7. The first-order valence-corrected chi connectivity index (χ1v) is 6.53. The smallest absolute Gasteiger partial charge is 0.125 e. The van der Waals surface area contributed by atoms with Crippen molar-refractivity contribution in [3.8, 4) is 11.5 Å². The van der Waals surface area contributed by atoms with Crippen molar-refractivity contribution >= 4 is 0 Å². The maximum atomic E-state index is 10.7. The molecule has 20 heavy (non-hydrogen) atoms. The van der Waals surface area contributed by atoms with E-state index in [0.717, 1.165) is 17.7 Å². The van der Waals surface area contributed by atoms with Crippen LogP contribution in [-0.2, 0) is 13.5 Å². The first kappa shape index (κ1) is 14.4. The lowest BCUT2D eigenvalue weighted by Crippen LogP contribution is -2.04. The normalized spacial score (nSPS) is 12.2. The summed E-state index contributed by atoms with van der Waals surface area (Å²) in [5, 5.41) is 15.0. The summed E-state index contributed by atoms with van der Waals surface area (Å²) in [7, 11) is 5.03. The van der Waals surface area contributed by atoms with Crippen molar-refractivity contribution in [3.63, 3.8) is 0 Å². The van der Waals surface area contributed by atoms with Crippen LogP contribution in [0.5, 0.6) is 11.5 Å².